The number of carbonyl (C=O) groups excluding carboxylic acids is 1. The molecule has 0 saturated heterocycles. The number of amides is 1. The predicted octanol–water partition coefficient (Wildman–Crippen LogP) is 3.30. The monoisotopic (exact) mass is 473 g/mol. The Morgan fingerprint density at radius 1 is 1.17 bits per heavy atom. The molecule has 0 spiro atoms. The average Bonchev–Trinajstić information content (AvgIpc) is 3.29. The van der Waals surface area contributed by atoms with Crippen LogP contribution >= 0.6 is 0 Å². The van der Waals surface area contributed by atoms with E-state index in [1.165, 1.54) is 23.1 Å². The van der Waals surface area contributed by atoms with Gasteiger partial charge in [0.1, 0.15) is 6.33 Å². The van der Waals surface area contributed by atoms with Crippen LogP contribution in [0.25, 0.3) is 16.7 Å². The summed E-state index contributed by atoms with van der Waals surface area (Å²) in [6.45, 7) is 1.64. The summed E-state index contributed by atoms with van der Waals surface area (Å²) in [5.74, 6) is 0.215. The van der Waals surface area contributed by atoms with Crippen molar-refractivity contribution in [3.05, 3.63) is 82.3 Å². The molecule has 12 nitrogen and oxygen atoms in total. The van der Waals surface area contributed by atoms with Crippen LogP contribution in [0.5, 0.6) is 0 Å². The van der Waals surface area contributed by atoms with Gasteiger partial charge in [0.15, 0.2) is 11.5 Å². The molecule has 0 unspecified atom stereocenters. The highest BCUT2D eigenvalue weighted by molar-refractivity contribution is 5.94. The van der Waals surface area contributed by atoms with Gasteiger partial charge in [-0.2, -0.15) is 10.2 Å². The van der Waals surface area contributed by atoms with Crippen molar-refractivity contribution < 1.29 is 9.72 Å². The molecular weight excluding hydrogens is 450 g/mol. The molecule has 0 bridgehead atoms. The van der Waals surface area contributed by atoms with Crippen molar-refractivity contribution in [3.8, 4) is 5.69 Å². The Kier molecular flexibility index (Phi) is 7.12. The molecule has 4 rings (SSSR count). The number of hydrogen-bond donors (Lipinski definition) is 1. The van der Waals surface area contributed by atoms with Crippen LogP contribution in [0.1, 0.15) is 15.9 Å². The number of nitrogens with zero attached hydrogens (tertiary/aromatic N) is 8. The molecule has 0 aliphatic heterocycles. The highest BCUT2D eigenvalue weighted by Crippen LogP contribution is 2.25. The van der Waals surface area contributed by atoms with E-state index in [4.69, 9.17) is 0 Å². The van der Waals surface area contributed by atoms with Crippen molar-refractivity contribution in [3.63, 3.8) is 0 Å². The van der Waals surface area contributed by atoms with Gasteiger partial charge in [-0.15, -0.1) is 5.11 Å². The third-order valence-electron chi connectivity index (χ3n) is 5.11. The summed E-state index contributed by atoms with van der Waals surface area (Å²) in [6, 6.07) is 13.3. The molecule has 2 aromatic heterocycles. The predicted molar refractivity (Wildman–Crippen MR) is 129 cm³/mol. The fourth-order valence-electron chi connectivity index (χ4n) is 3.28. The van der Waals surface area contributed by atoms with E-state index in [9.17, 15) is 14.9 Å². The first-order valence-corrected chi connectivity index (χ1v) is 10.8. The second-order valence-electron chi connectivity index (χ2n) is 7.92. The number of aromatic nitrogens is 4. The van der Waals surface area contributed by atoms with E-state index in [1.807, 2.05) is 31.1 Å². The first kappa shape index (κ1) is 23.6. The lowest BCUT2D eigenvalue weighted by Crippen LogP contribution is -2.31. The molecule has 35 heavy (non-hydrogen) atoms. The molecule has 0 saturated carbocycles. The largest absolute Gasteiger partial charge is 0.351 e. The molecule has 1 N–H and O–H groups in total. The number of fused-ring (bicyclic) bond motifs is 1. The van der Waals surface area contributed by atoms with Gasteiger partial charge in [0, 0.05) is 30.8 Å². The van der Waals surface area contributed by atoms with Gasteiger partial charge in [-0.05, 0) is 37.9 Å². The van der Waals surface area contributed by atoms with Gasteiger partial charge >= 0.3 is 0 Å². The molecule has 12 heteroatoms. The van der Waals surface area contributed by atoms with Crippen molar-refractivity contribution >= 4 is 28.4 Å². The highest BCUT2D eigenvalue weighted by atomic mass is 16.6. The second kappa shape index (κ2) is 10.6. The van der Waals surface area contributed by atoms with Crippen LogP contribution in [-0.2, 0) is 6.54 Å². The molecule has 0 fully saturated rings. The van der Waals surface area contributed by atoms with Crippen molar-refractivity contribution in [2.45, 2.75) is 6.54 Å². The quantitative estimate of drug-likeness (QED) is 0.223. The molecule has 0 radical (unpaired) electrons. The number of nitro groups is 1. The number of carbonyl (C=O) groups is 1. The van der Waals surface area contributed by atoms with E-state index in [2.05, 4.69) is 30.6 Å². The number of benzene rings is 2. The summed E-state index contributed by atoms with van der Waals surface area (Å²) < 4.78 is 1.49. The van der Waals surface area contributed by atoms with Crippen LogP contribution in [0.2, 0.25) is 0 Å². The lowest BCUT2D eigenvalue weighted by molar-refractivity contribution is -0.384. The number of nitrogens with one attached hydrogen (secondary N) is 1. The maximum absolute atomic E-state index is 12.2. The van der Waals surface area contributed by atoms with Gasteiger partial charge in [-0.3, -0.25) is 14.9 Å². The molecular formula is C23H23N9O3. The number of likely N-dealkylation sites (N-methyl/N-ethyl adjacent to an activating group) is 1. The minimum Gasteiger partial charge on any atom is -0.351 e. The maximum atomic E-state index is 12.2. The van der Waals surface area contributed by atoms with E-state index in [-0.39, 0.29) is 11.6 Å². The molecule has 0 aliphatic carbocycles. The fourth-order valence-corrected chi connectivity index (χ4v) is 3.28. The smallest absolute Gasteiger partial charge is 0.271 e. The van der Waals surface area contributed by atoms with E-state index in [0.29, 0.717) is 41.2 Å². The van der Waals surface area contributed by atoms with E-state index < -0.39 is 4.92 Å². The number of azo groups is 1. The van der Waals surface area contributed by atoms with E-state index in [1.54, 1.807) is 30.5 Å². The third-order valence-corrected chi connectivity index (χ3v) is 5.11. The van der Waals surface area contributed by atoms with Crippen LogP contribution < -0.4 is 5.32 Å². The summed E-state index contributed by atoms with van der Waals surface area (Å²) >= 11 is 0. The summed E-state index contributed by atoms with van der Waals surface area (Å²) in [7, 11) is 3.90. The van der Waals surface area contributed by atoms with Gasteiger partial charge in [0.05, 0.1) is 28.7 Å². The van der Waals surface area contributed by atoms with E-state index >= 15 is 0 Å². The third kappa shape index (κ3) is 5.68. The molecule has 1 amide bonds. The zero-order valence-electron chi connectivity index (χ0n) is 19.2. The standard InChI is InChI=1S/C23H23N9O3/c1-30(2)11-10-24-23(33)17-8-6-16(7-9-17)13-27-29-21-20-14-28-31(22(20)26-15-25-21)18-4-3-5-19(12-18)32(34)35/h3-9,12,14-15H,10-11,13H2,1-2H3,(H,24,33). The Morgan fingerprint density at radius 3 is 2.71 bits per heavy atom. The van der Waals surface area contributed by atoms with Crippen LogP contribution in [0, 0.1) is 10.1 Å². The Labute approximate surface area is 200 Å². The van der Waals surface area contributed by atoms with Crippen molar-refractivity contribution in [2.75, 3.05) is 27.2 Å². The molecule has 2 heterocycles. The van der Waals surface area contributed by atoms with Gasteiger partial charge in [0.2, 0.25) is 0 Å². The van der Waals surface area contributed by atoms with Gasteiger partial charge in [-0.1, -0.05) is 18.2 Å². The van der Waals surface area contributed by atoms with Gasteiger partial charge in [0.25, 0.3) is 11.6 Å². The van der Waals surface area contributed by atoms with Crippen molar-refractivity contribution in [2.24, 2.45) is 10.2 Å². The summed E-state index contributed by atoms with van der Waals surface area (Å²) in [5.41, 5.74) is 2.38. The number of rotatable bonds is 9. The van der Waals surface area contributed by atoms with Gasteiger partial charge < -0.3 is 10.2 Å². The lowest BCUT2D eigenvalue weighted by atomic mass is 10.1. The summed E-state index contributed by atoms with van der Waals surface area (Å²) in [6.07, 6.45) is 2.89. The first-order valence-electron chi connectivity index (χ1n) is 10.8. The lowest BCUT2D eigenvalue weighted by Gasteiger charge is -2.10. The SMILES string of the molecule is CN(C)CCNC(=O)c1ccc(CN=Nc2ncnc3c2cnn3-c2cccc([N+](=O)[O-])c2)cc1. The zero-order valence-corrected chi connectivity index (χ0v) is 19.2. The molecule has 2 aromatic carbocycles. The molecule has 0 aliphatic rings. The maximum Gasteiger partial charge on any atom is 0.271 e. The minimum atomic E-state index is -0.464. The van der Waals surface area contributed by atoms with Crippen LogP contribution in [0.3, 0.4) is 0 Å². The number of nitro benzene ring substituents is 1. The van der Waals surface area contributed by atoms with Crippen LogP contribution in [0.15, 0.2) is 71.3 Å². The molecule has 178 valence electrons. The Morgan fingerprint density at radius 2 is 1.97 bits per heavy atom. The summed E-state index contributed by atoms with van der Waals surface area (Å²) in [4.78, 5) is 33.3. The Hall–Kier alpha value is -4.58. The first-order chi connectivity index (χ1) is 16.9. The molecule has 0 atom stereocenters. The normalized spacial score (nSPS) is 11.4. The topological polar surface area (TPSA) is 144 Å². The van der Waals surface area contributed by atoms with E-state index in [0.717, 1.165) is 12.1 Å². The average molecular weight is 473 g/mol. The number of hydrogen-bond acceptors (Lipinski definition) is 9. The van der Waals surface area contributed by atoms with Crippen molar-refractivity contribution in [1.82, 2.24) is 30.0 Å². The fraction of sp³-hybridized carbons (Fsp3) is 0.217. The molecule has 4 aromatic rings. The zero-order chi connectivity index (χ0) is 24.8. The second-order valence-corrected chi connectivity index (χ2v) is 7.92. The van der Waals surface area contributed by atoms with Crippen LogP contribution in [-0.4, -0.2) is 62.7 Å². The Balaban J connectivity index is 1.45. The summed E-state index contributed by atoms with van der Waals surface area (Å²) in [5, 5.41) is 27.3. The minimum absolute atomic E-state index is 0.0443. The Bertz CT molecular complexity index is 1380. The van der Waals surface area contributed by atoms with Gasteiger partial charge in [-0.25, -0.2) is 14.6 Å². The number of non-ortho nitro benzene ring substituents is 1. The van der Waals surface area contributed by atoms with Crippen molar-refractivity contribution in [1.29, 1.82) is 0 Å². The highest BCUT2D eigenvalue weighted by Gasteiger charge is 2.13. The van der Waals surface area contributed by atoms with Crippen LogP contribution in [0.4, 0.5) is 11.5 Å².